The van der Waals surface area contributed by atoms with Crippen molar-refractivity contribution >= 4 is 7.82 Å². The predicted octanol–water partition coefficient (Wildman–Crippen LogP) is -2.11. The summed E-state index contributed by atoms with van der Waals surface area (Å²) in [6.45, 7) is 11.5. The maximum atomic E-state index is 8.88. The molecule has 3 aliphatic heterocycles. The van der Waals surface area contributed by atoms with E-state index in [9.17, 15) is 0 Å². The van der Waals surface area contributed by atoms with E-state index in [4.69, 9.17) is 33.5 Å². The number of hydrogen-bond acceptors (Lipinski definition) is 7. The molecule has 23 heavy (non-hydrogen) atoms. The second kappa shape index (κ2) is 16.7. The Hall–Kier alpha value is -0.130. The number of rotatable bonds is 0. The molecule has 0 radical (unpaired) electrons. The van der Waals surface area contributed by atoms with Crippen LogP contribution in [0.3, 0.4) is 0 Å². The molecular weight excluding hydrogens is 329 g/mol. The number of morpholine rings is 3. The van der Waals surface area contributed by atoms with E-state index in [0.29, 0.717) is 0 Å². The predicted molar refractivity (Wildman–Crippen MR) is 85.3 cm³/mol. The van der Waals surface area contributed by atoms with Gasteiger partial charge in [-0.05, 0) is 0 Å². The second-order valence-electron chi connectivity index (χ2n) is 4.60. The van der Waals surface area contributed by atoms with Crippen LogP contribution in [-0.4, -0.2) is 93.6 Å². The summed E-state index contributed by atoms with van der Waals surface area (Å²) in [4.78, 5) is 21.6. The minimum Gasteiger partial charge on any atom is -0.379 e. The molecule has 0 saturated carbocycles. The Morgan fingerprint density at radius 2 is 0.739 bits per heavy atom. The van der Waals surface area contributed by atoms with E-state index >= 15 is 0 Å². The van der Waals surface area contributed by atoms with Gasteiger partial charge < -0.3 is 44.8 Å². The molecule has 0 aromatic heterocycles. The highest BCUT2D eigenvalue weighted by molar-refractivity contribution is 7.45. The fraction of sp³-hybridized carbons (Fsp3) is 1.00. The Kier molecular flexibility index (Phi) is 16.6. The molecule has 0 unspecified atom stereocenters. The van der Waals surface area contributed by atoms with Crippen LogP contribution >= 0.6 is 7.82 Å². The zero-order valence-electron chi connectivity index (χ0n) is 13.4. The van der Waals surface area contributed by atoms with Gasteiger partial charge in [0, 0.05) is 39.3 Å². The summed E-state index contributed by atoms with van der Waals surface area (Å²) in [7, 11) is -4.64. The van der Waals surface area contributed by atoms with E-state index < -0.39 is 7.82 Å². The van der Waals surface area contributed by atoms with Gasteiger partial charge in [-0.15, -0.1) is 0 Å². The second-order valence-corrected chi connectivity index (χ2v) is 5.63. The molecule has 3 aliphatic rings. The van der Waals surface area contributed by atoms with Crippen molar-refractivity contribution in [3.05, 3.63) is 0 Å². The molecule has 3 fully saturated rings. The molecule has 3 heterocycles. The van der Waals surface area contributed by atoms with Crippen LogP contribution < -0.4 is 16.0 Å². The van der Waals surface area contributed by atoms with Crippen LogP contribution in [0, 0.1) is 0 Å². The minimum absolute atomic E-state index is 0.889. The zero-order valence-corrected chi connectivity index (χ0v) is 14.3. The molecule has 3 saturated heterocycles. The number of ether oxygens (including phenoxy) is 3. The van der Waals surface area contributed by atoms with Crippen LogP contribution in [0.15, 0.2) is 0 Å². The van der Waals surface area contributed by atoms with Crippen LogP contribution in [-0.2, 0) is 18.8 Å². The van der Waals surface area contributed by atoms with Gasteiger partial charge in [0.05, 0.1) is 39.6 Å². The van der Waals surface area contributed by atoms with Gasteiger partial charge >= 0.3 is 7.82 Å². The molecule has 0 atom stereocenters. The van der Waals surface area contributed by atoms with Crippen molar-refractivity contribution in [2.45, 2.75) is 0 Å². The van der Waals surface area contributed by atoms with Gasteiger partial charge in [-0.2, -0.15) is 0 Å². The maximum absolute atomic E-state index is 8.88. The largest absolute Gasteiger partial charge is 0.466 e. The lowest BCUT2D eigenvalue weighted by Gasteiger charge is -2.10. The Morgan fingerprint density at radius 3 is 0.783 bits per heavy atom. The third kappa shape index (κ3) is 27.0. The number of nitrogens with one attached hydrogen (secondary N) is 3. The normalized spacial score (nSPS) is 21.3. The third-order valence-corrected chi connectivity index (χ3v) is 2.54. The smallest absolute Gasteiger partial charge is 0.379 e. The summed E-state index contributed by atoms with van der Waals surface area (Å²) in [6.07, 6.45) is 0. The summed E-state index contributed by atoms with van der Waals surface area (Å²) in [5, 5.41) is 9.48. The highest BCUT2D eigenvalue weighted by atomic mass is 31.2. The average Bonchev–Trinajstić information content (AvgIpc) is 2.59. The lowest BCUT2D eigenvalue weighted by atomic mass is 10.5. The zero-order chi connectivity index (χ0) is 17.2. The van der Waals surface area contributed by atoms with Gasteiger partial charge in [0.25, 0.3) is 0 Å². The molecule has 140 valence electrons. The standard InChI is InChI=1S/3C4H9NO.H3O4P/c3*1-3-6-4-2-5-1;1-5(2,3)4/h3*5H,1-4H2;(H3,1,2,3,4). The average molecular weight is 359 g/mol. The van der Waals surface area contributed by atoms with Crippen LogP contribution in [0.4, 0.5) is 0 Å². The summed E-state index contributed by atoms with van der Waals surface area (Å²) in [5.74, 6) is 0. The van der Waals surface area contributed by atoms with Gasteiger partial charge in [-0.3, -0.25) is 0 Å². The Labute approximate surface area is 137 Å². The van der Waals surface area contributed by atoms with Crippen molar-refractivity contribution in [3.63, 3.8) is 0 Å². The Morgan fingerprint density at radius 1 is 0.565 bits per heavy atom. The Balaban J connectivity index is 0.000000282. The molecule has 0 bridgehead atoms. The SMILES string of the molecule is C1COCCN1.C1COCCN1.C1COCCN1.O=P(O)(O)O. The molecule has 0 amide bonds. The molecule has 10 nitrogen and oxygen atoms in total. The summed E-state index contributed by atoms with van der Waals surface area (Å²) >= 11 is 0. The fourth-order valence-corrected chi connectivity index (χ4v) is 1.55. The maximum Gasteiger partial charge on any atom is 0.466 e. The first-order valence-corrected chi connectivity index (χ1v) is 9.20. The van der Waals surface area contributed by atoms with Crippen molar-refractivity contribution in [1.29, 1.82) is 0 Å². The number of hydrogen-bond donors (Lipinski definition) is 6. The molecule has 11 heteroatoms. The molecular formula is C12H30N3O7P. The van der Waals surface area contributed by atoms with Crippen LogP contribution in [0.1, 0.15) is 0 Å². The Bertz CT molecular complexity index is 211. The summed E-state index contributed by atoms with van der Waals surface area (Å²) in [5.41, 5.74) is 0. The van der Waals surface area contributed by atoms with Gasteiger partial charge in [-0.25, -0.2) is 4.57 Å². The molecule has 6 N–H and O–H groups in total. The monoisotopic (exact) mass is 359 g/mol. The molecule has 0 aliphatic carbocycles. The van der Waals surface area contributed by atoms with Crippen molar-refractivity contribution in [3.8, 4) is 0 Å². The quantitative estimate of drug-likeness (QED) is 0.266. The van der Waals surface area contributed by atoms with E-state index in [1.54, 1.807) is 0 Å². The van der Waals surface area contributed by atoms with Crippen molar-refractivity contribution in [1.82, 2.24) is 16.0 Å². The van der Waals surface area contributed by atoms with E-state index in [0.717, 1.165) is 78.9 Å². The molecule has 0 aromatic rings. The highest BCUT2D eigenvalue weighted by Crippen LogP contribution is 2.25. The first kappa shape index (κ1) is 22.9. The lowest BCUT2D eigenvalue weighted by molar-refractivity contribution is 0.109. The van der Waals surface area contributed by atoms with Crippen LogP contribution in [0.2, 0.25) is 0 Å². The van der Waals surface area contributed by atoms with E-state index in [2.05, 4.69) is 16.0 Å². The highest BCUT2D eigenvalue weighted by Gasteiger charge is 2.00. The van der Waals surface area contributed by atoms with Crippen molar-refractivity contribution in [2.24, 2.45) is 0 Å². The number of phosphoric acid groups is 1. The lowest BCUT2D eigenvalue weighted by Crippen LogP contribution is -2.30. The third-order valence-electron chi connectivity index (χ3n) is 2.54. The fourth-order valence-electron chi connectivity index (χ4n) is 1.55. The van der Waals surface area contributed by atoms with Gasteiger partial charge in [0.2, 0.25) is 0 Å². The van der Waals surface area contributed by atoms with Gasteiger partial charge in [0.15, 0.2) is 0 Å². The summed E-state index contributed by atoms with van der Waals surface area (Å²) in [6, 6.07) is 0. The van der Waals surface area contributed by atoms with E-state index in [-0.39, 0.29) is 0 Å². The first-order chi connectivity index (χ1) is 11.0. The van der Waals surface area contributed by atoms with Crippen LogP contribution in [0.5, 0.6) is 0 Å². The van der Waals surface area contributed by atoms with E-state index in [1.165, 1.54) is 0 Å². The van der Waals surface area contributed by atoms with Crippen LogP contribution in [0.25, 0.3) is 0 Å². The van der Waals surface area contributed by atoms with E-state index in [1.807, 2.05) is 0 Å². The molecule has 0 aromatic carbocycles. The molecule has 3 rings (SSSR count). The molecule has 0 spiro atoms. The summed E-state index contributed by atoms with van der Waals surface area (Å²) < 4.78 is 23.9. The minimum atomic E-state index is -4.64. The van der Waals surface area contributed by atoms with Crippen molar-refractivity contribution < 1.29 is 33.5 Å². The van der Waals surface area contributed by atoms with Gasteiger partial charge in [0.1, 0.15) is 0 Å². The topological polar surface area (TPSA) is 142 Å². The first-order valence-electron chi connectivity index (χ1n) is 7.64. The van der Waals surface area contributed by atoms with Gasteiger partial charge in [-0.1, -0.05) is 0 Å². The van der Waals surface area contributed by atoms with Crippen molar-refractivity contribution in [2.75, 3.05) is 78.9 Å².